The van der Waals surface area contributed by atoms with E-state index < -0.39 is 11.6 Å². The molecule has 20 heavy (non-hydrogen) atoms. The van der Waals surface area contributed by atoms with Crippen LogP contribution in [0.1, 0.15) is 44.1 Å². The van der Waals surface area contributed by atoms with E-state index in [1.165, 1.54) is 38.2 Å². The van der Waals surface area contributed by atoms with Crippen LogP contribution < -0.4 is 5.32 Å². The van der Waals surface area contributed by atoms with Gasteiger partial charge in [0.2, 0.25) is 0 Å². The largest absolute Gasteiger partial charge is 0.314 e. The second kappa shape index (κ2) is 6.21. The molecule has 1 aromatic rings. The fourth-order valence-corrected chi connectivity index (χ4v) is 3.42. The molecule has 3 heteroatoms. The Morgan fingerprint density at radius 1 is 1.00 bits per heavy atom. The Labute approximate surface area is 119 Å². The van der Waals surface area contributed by atoms with Crippen LogP contribution in [0.3, 0.4) is 0 Å². The van der Waals surface area contributed by atoms with Crippen LogP contribution >= 0.6 is 0 Å². The first-order valence-electron chi connectivity index (χ1n) is 7.90. The zero-order valence-electron chi connectivity index (χ0n) is 11.9. The zero-order valence-corrected chi connectivity index (χ0v) is 11.9. The van der Waals surface area contributed by atoms with E-state index in [-0.39, 0.29) is 0 Å². The van der Waals surface area contributed by atoms with E-state index in [1.54, 1.807) is 12.1 Å². The summed E-state index contributed by atoms with van der Waals surface area (Å²) in [7, 11) is 0. The lowest BCUT2D eigenvalue weighted by atomic mass is 9.76. The molecule has 0 radical (unpaired) electrons. The van der Waals surface area contributed by atoms with Gasteiger partial charge in [0.15, 0.2) is 11.6 Å². The first-order valence-corrected chi connectivity index (χ1v) is 7.90. The highest BCUT2D eigenvalue weighted by Crippen LogP contribution is 2.33. The van der Waals surface area contributed by atoms with Crippen molar-refractivity contribution in [3.05, 3.63) is 35.4 Å². The molecule has 2 atom stereocenters. The molecule has 0 aromatic heterocycles. The second-order valence-corrected chi connectivity index (χ2v) is 6.40. The SMILES string of the molecule is Fc1cccc(CC2CCCCC2CNC2CC2)c1F. The van der Waals surface area contributed by atoms with E-state index in [2.05, 4.69) is 5.32 Å². The van der Waals surface area contributed by atoms with Crippen molar-refractivity contribution in [2.45, 2.75) is 51.0 Å². The summed E-state index contributed by atoms with van der Waals surface area (Å²) in [6.45, 7) is 1.05. The van der Waals surface area contributed by atoms with Crippen molar-refractivity contribution in [1.82, 2.24) is 5.32 Å². The summed E-state index contributed by atoms with van der Waals surface area (Å²) in [6, 6.07) is 5.28. The summed E-state index contributed by atoms with van der Waals surface area (Å²) in [5.41, 5.74) is 0.549. The lowest BCUT2D eigenvalue weighted by Crippen LogP contribution is -2.32. The minimum Gasteiger partial charge on any atom is -0.314 e. The van der Waals surface area contributed by atoms with Crippen LogP contribution in [0.5, 0.6) is 0 Å². The van der Waals surface area contributed by atoms with Gasteiger partial charge in [-0.2, -0.15) is 0 Å². The van der Waals surface area contributed by atoms with E-state index in [0.717, 1.165) is 19.0 Å². The van der Waals surface area contributed by atoms with Crippen molar-refractivity contribution in [1.29, 1.82) is 0 Å². The molecule has 3 rings (SSSR count). The first kappa shape index (κ1) is 14.0. The van der Waals surface area contributed by atoms with Crippen molar-refractivity contribution in [2.24, 2.45) is 11.8 Å². The van der Waals surface area contributed by atoms with Gasteiger partial charge in [0, 0.05) is 6.04 Å². The van der Waals surface area contributed by atoms with Gasteiger partial charge in [-0.15, -0.1) is 0 Å². The third-order valence-corrected chi connectivity index (χ3v) is 4.83. The maximum absolute atomic E-state index is 13.8. The standard InChI is InChI=1S/C17H23F2N/c18-16-7-3-6-13(17(16)19)10-12-4-1-2-5-14(12)11-20-15-8-9-15/h3,6-7,12,14-15,20H,1-2,4-5,8-11H2. The molecule has 0 heterocycles. The summed E-state index contributed by atoms with van der Waals surface area (Å²) in [5.74, 6) is -0.253. The molecule has 2 saturated carbocycles. The van der Waals surface area contributed by atoms with Crippen molar-refractivity contribution < 1.29 is 8.78 Å². The highest BCUT2D eigenvalue weighted by Gasteiger charge is 2.28. The molecule has 0 spiro atoms. The van der Waals surface area contributed by atoms with E-state index in [4.69, 9.17) is 0 Å². The maximum atomic E-state index is 13.8. The molecule has 1 N–H and O–H groups in total. The van der Waals surface area contributed by atoms with Gasteiger partial charge < -0.3 is 5.32 Å². The number of hydrogen-bond donors (Lipinski definition) is 1. The highest BCUT2D eigenvalue weighted by atomic mass is 19.2. The van der Waals surface area contributed by atoms with Crippen LogP contribution in [-0.4, -0.2) is 12.6 Å². The normalized spacial score (nSPS) is 26.7. The Morgan fingerprint density at radius 3 is 2.50 bits per heavy atom. The highest BCUT2D eigenvalue weighted by molar-refractivity contribution is 5.19. The fourth-order valence-electron chi connectivity index (χ4n) is 3.42. The van der Waals surface area contributed by atoms with Gasteiger partial charge in [-0.25, -0.2) is 8.78 Å². The summed E-state index contributed by atoms with van der Waals surface area (Å²) in [6.07, 6.45) is 8.15. The lowest BCUT2D eigenvalue weighted by molar-refractivity contribution is 0.226. The van der Waals surface area contributed by atoms with Gasteiger partial charge in [0.05, 0.1) is 0 Å². The van der Waals surface area contributed by atoms with Crippen molar-refractivity contribution in [2.75, 3.05) is 6.54 Å². The Bertz CT molecular complexity index is 456. The van der Waals surface area contributed by atoms with Crippen LogP contribution in [0.25, 0.3) is 0 Å². The van der Waals surface area contributed by atoms with Crippen molar-refractivity contribution >= 4 is 0 Å². The third kappa shape index (κ3) is 3.38. The molecule has 2 unspecified atom stereocenters. The van der Waals surface area contributed by atoms with Crippen LogP contribution in [0.2, 0.25) is 0 Å². The van der Waals surface area contributed by atoms with Crippen molar-refractivity contribution in [3.8, 4) is 0 Å². The van der Waals surface area contributed by atoms with E-state index in [9.17, 15) is 8.78 Å². The Balaban J connectivity index is 1.64. The Hall–Kier alpha value is -0.960. The van der Waals surface area contributed by atoms with Gasteiger partial charge >= 0.3 is 0 Å². The van der Waals surface area contributed by atoms with Crippen molar-refractivity contribution in [3.63, 3.8) is 0 Å². The summed E-state index contributed by atoms with van der Waals surface area (Å²) in [5, 5.41) is 3.60. The molecule has 2 aliphatic carbocycles. The van der Waals surface area contributed by atoms with Gasteiger partial charge in [0.1, 0.15) is 0 Å². The number of halogens is 2. The summed E-state index contributed by atoms with van der Waals surface area (Å²) >= 11 is 0. The van der Waals surface area contributed by atoms with Crippen LogP contribution in [-0.2, 0) is 6.42 Å². The van der Waals surface area contributed by atoms with Gasteiger partial charge in [-0.05, 0) is 62.1 Å². The predicted molar refractivity (Wildman–Crippen MR) is 76.5 cm³/mol. The Morgan fingerprint density at radius 2 is 1.75 bits per heavy atom. The molecule has 0 saturated heterocycles. The third-order valence-electron chi connectivity index (χ3n) is 4.83. The first-order chi connectivity index (χ1) is 9.74. The number of nitrogens with one attached hydrogen (secondary N) is 1. The molecule has 110 valence electrons. The molecule has 0 amide bonds. The predicted octanol–water partition coefficient (Wildman–Crippen LogP) is 4.07. The summed E-state index contributed by atoms with van der Waals surface area (Å²) < 4.78 is 27.1. The maximum Gasteiger partial charge on any atom is 0.162 e. The van der Waals surface area contributed by atoms with Crippen LogP contribution in [0, 0.1) is 23.5 Å². The molecule has 1 nitrogen and oxygen atoms in total. The van der Waals surface area contributed by atoms with Gasteiger partial charge in [-0.3, -0.25) is 0 Å². The molecule has 0 aliphatic heterocycles. The van der Waals surface area contributed by atoms with E-state index >= 15 is 0 Å². The molecular weight excluding hydrogens is 256 g/mol. The van der Waals surface area contributed by atoms with E-state index in [0.29, 0.717) is 23.8 Å². The number of rotatable bonds is 5. The van der Waals surface area contributed by atoms with Gasteiger partial charge in [-0.1, -0.05) is 25.0 Å². The molecular formula is C17H23F2N. The van der Waals surface area contributed by atoms with Crippen LogP contribution in [0.15, 0.2) is 18.2 Å². The average Bonchev–Trinajstić information content (AvgIpc) is 3.27. The second-order valence-electron chi connectivity index (χ2n) is 6.40. The topological polar surface area (TPSA) is 12.0 Å². The fraction of sp³-hybridized carbons (Fsp3) is 0.647. The minimum atomic E-state index is -0.717. The Kier molecular flexibility index (Phi) is 4.35. The number of benzene rings is 1. The summed E-state index contributed by atoms with van der Waals surface area (Å²) in [4.78, 5) is 0. The van der Waals surface area contributed by atoms with Gasteiger partial charge in [0.25, 0.3) is 0 Å². The molecule has 2 aliphatic rings. The quantitative estimate of drug-likeness (QED) is 0.857. The zero-order chi connectivity index (χ0) is 13.9. The number of hydrogen-bond acceptors (Lipinski definition) is 1. The smallest absolute Gasteiger partial charge is 0.162 e. The van der Waals surface area contributed by atoms with Crippen LogP contribution in [0.4, 0.5) is 8.78 Å². The molecule has 2 fully saturated rings. The average molecular weight is 279 g/mol. The monoisotopic (exact) mass is 279 g/mol. The minimum absolute atomic E-state index is 0.492. The molecule has 0 bridgehead atoms. The molecule has 1 aromatic carbocycles. The lowest BCUT2D eigenvalue weighted by Gasteiger charge is -2.32. The van der Waals surface area contributed by atoms with E-state index in [1.807, 2.05) is 0 Å².